The smallest absolute Gasteiger partial charge is 0.255 e. The molecule has 3 aromatic rings. The van der Waals surface area contributed by atoms with Crippen molar-refractivity contribution in [1.82, 2.24) is 10.2 Å². The Hall–Kier alpha value is -3.25. The maximum Gasteiger partial charge on any atom is 0.255 e. The Kier molecular flexibility index (Phi) is 7.35. The maximum atomic E-state index is 13.6. The molecule has 3 atom stereocenters. The average Bonchev–Trinajstić information content (AvgIpc) is 3.28. The van der Waals surface area contributed by atoms with Crippen molar-refractivity contribution in [2.75, 3.05) is 12.9 Å². The van der Waals surface area contributed by atoms with Gasteiger partial charge in [-0.15, -0.1) is 11.8 Å². The van der Waals surface area contributed by atoms with E-state index in [0.717, 1.165) is 11.1 Å². The van der Waals surface area contributed by atoms with Gasteiger partial charge in [0.05, 0.1) is 18.5 Å². The molecule has 3 unspecified atom stereocenters. The third-order valence-electron chi connectivity index (χ3n) is 5.88. The highest BCUT2D eigenvalue weighted by molar-refractivity contribution is 8.00. The summed E-state index contributed by atoms with van der Waals surface area (Å²) in [4.78, 5) is 28.7. The molecule has 1 aliphatic rings. The van der Waals surface area contributed by atoms with Crippen LogP contribution in [0.2, 0.25) is 0 Å². The molecule has 4 rings (SSSR count). The molecule has 0 saturated carbocycles. The van der Waals surface area contributed by atoms with E-state index in [1.807, 2.05) is 55.5 Å². The fourth-order valence-electron chi connectivity index (χ4n) is 4.03. The van der Waals surface area contributed by atoms with Crippen molar-refractivity contribution >= 4 is 23.6 Å². The number of carbonyl (C=O) groups excluding carboxylic acids is 2. The Labute approximate surface area is 199 Å². The first kappa shape index (κ1) is 22.9. The normalized spacial score (nSPS) is 18.5. The zero-order chi connectivity index (χ0) is 23.2. The van der Waals surface area contributed by atoms with Crippen molar-refractivity contribution < 1.29 is 14.3 Å². The van der Waals surface area contributed by atoms with Crippen LogP contribution in [0.3, 0.4) is 0 Å². The second-order valence-electron chi connectivity index (χ2n) is 8.08. The Morgan fingerprint density at radius 3 is 2.27 bits per heavy atom. The van der Waals surface area contributed by atoms with Gasteiger partial charge in [0.1, 0.15) is 11.8 Å². The van der Waals surface area contributed by atoms with Crippen LogP contribution < -0.4 is 10.1 Å². The molecule has 1 aliphatic heterocycles. The molecule has 0 aromatic heterocycles. The van der Waals surface area contributed by atoms with E-state index in [1.165, 1.54) is 0 Å². The standard InChI is InChI=1S/C27H28N2O3S/c1-19(21-11-7-4-8-12-21)28-26(30)24-18-33-25(17-20-9-5-3-6-10-20)29(24)27(31)22-13-15-23(32-2)16-14-22/h3-16,19,24-25H,17-18H2,1-2H3,(H,28,30). The highest BCUT2D eigenvalue weighted by Gasteiger charge is 2.42. The molecule has 0 aliphatic carbocycles. The van der Waals surface area contributed by atoms with Crippen LogP contribution in [-0.4, -0.2) is 41.0 Å². The lowest BCUT2D eigenvalue weighted by atomic mass is 10.1. The Bertz CT molecular complexity index is 1070. The SMILES string of the molecule is COc1ccc(C(=O)N2C(Cc3ccccc3)SCC2C(=O)NC(C)c2ccccc2)cc1. The molecule has 1 N–H and O–H groups in total. The molecule has 5 nitrogen and oxygen atoms in total. The van der Waals surface area contributed by atoms with Crippen molar-refractivity contribution in [3.63, 3.8) is 0 Å². The van der Waals surface area contributed by atoms with Crippen molar-refractivity contribution in [3.8, 4) is 5.75 Å². The lowest BCUT2D eigenvalue weighted by Gasteiger charge is -2.30. The van der Waals surface area contributed by atoms with Crippen LogP contribution in [0.4, 0.5) is 0 Å². The Balaban J connectivity index is 1.57. The minimum absolute atomic E-state index is 0.121. The van der Waals surface area contributed by atoms with Gasteiger partial charge in [0, 0.05) is 17.7 Å². The van der Waals surface area contributed by atoms with Gasteiger partial charge in [-0.1, -0.05) is 60.7 Å². The topological polar surface area (TPSA) is 58.6 Å². The number of methoxy groups -OCH3 is 1. The van der Waals surface area contributed by atoms with E-state index in [9.17, 15) is 9.59 Å². The highest BCUT2D eigenvalue weighted by Crippen LogP contribution is 2.34. The molecular weight excluding hydrogens is 432 g/mol. The molecule has 1 saturated heterocycles. The summed E-state index contributed by atoms with van der Waals surface area (Å²) in [7, 11) is 1.60. The number of benzene rings is 3. The second kappa shape index (κ2) is 10.6. The number of nitrogens with zero attached hydrogens (tertiary/aromatic N) is 1. The van der Waals surface area contributed by atoms with Gasteiger partial charge in [-0.3, -0.25) is 9.59 Å². The lowest BCUT2D eigenvalue weighted by Crippen LogP contribution is -2.50. The highest BCUT2D eigenvalue weighted by atomic mass is 32.2. The van der Waals surface area contributed by atoms with Crippen LogP contribution in [-0.2, 0) is 11.2 Å². The zero-order valence-corrected chi connectivity index (χ0v) is 19.6. The van der Waals surface area contributed by atoms with E-state index < -0.39 is 6.04 Å². The zero-order valence-electron chi connectivity index (χ0n) is 18.8. The van der Waals surface area contributed by atoms with Gasteiger partial charge in [0.25, 0.3) is 5.91 Å². The number of thioether (sulfide) groups is 1. The first-order valence-electron chi connectivity index (χ1n) is 11.0. The van der Waals surface area contributed by atoms with Gasteiger partial charge >= 0.3 is 0 Å². The largest absolute Gasteiger partial charge is 0.497 e. The van der Waals surface area contributed by atoms with Crippen LogP contribution >= 0.6 is 11.8 Å². The van der Waals surface area contributed by atoms with E-state index in [2.05, 4.69) is 17.4 Å². The average molecular weight is 461 g/mol. The summed E-state index contributed by atoms with van der Waals surface area (Å²) in [5, 5.41) is 2.99. The quantitative estimate of drug-likeness (QED) is 0.555. The van der Waals surface area contributed by atoms with Crippen LogP contribution in [0.25, 0.3) is 0 Å². The van der Waals surface area contributed by atoms with Gasteiger partial charge in [-0.2, -0.15) is 0 Å². The molecule has 170 valence electrons. The molecular formula is C27H28N2O3S. The van der Waals surface area contributed by atoms with Crippen LogP contribution in [0.1, 0.15) is 34.5 Å². The minimum atomic E-state index is -0.538. The fourth-order valence-corrected chi connectivity index (χ4v) is 5.46. The molecule has 2 amide bonds. The van der Waals surface area contributed by atoms with Gasteiger partial charge in [0.15, 0.2) is 0 Å². The molecule has 3 aromatic carbocycles. The predicted octanol–water partition coefficient (Wildman–Crippen LogP) is 4.70. The lowest BCUT2D eigenvalue weighted by molar-refractivity contribution is -0.125. The molecule has 0 spiro atoms. The fraction of sp³-hybridized carbons (Fsp3) is 0.259. The first-order valence-corrected chi connectivity index (χ1v) is 12.1. The number of rotatable bonds is 7. The van der Waals surface area contributed by atoms with E-state index in [-0.39, 0.29) is 23.2 Å². The Morgan fingerprint density at radius 2 is 1.64 bits per heavy atom. The Morgan fingerprint density at radius 1 is 1.00 bits per heavy atom. The predicted molar refractivity (Wildman–Crippen MR) is 132 cm³/mol. The van der Waals surface area contributed by atoms with Crippen molar-refractivity contribution in [3.05, 3.63) is 102 Å². The van der Waals surface area contributed by atoms with E-state index in [0.29, 0.717) is 23.5 Å². The maximum absolute atomic E-state index is 13.6. The monoisotopic (exact) mass is 460 g/mol. The molecule has 1 fully saturated rings. The van der Waals surface area contributed by atoms with Crippen LogP contribution in [0.15, 0.2) is 84.9 Å². The summed E-state index contributed by atoms with van der Waals surface area (Å²) in [6.07, 6.45) is 0.686. The minimum Gasteiger partial charge on any atom is -0.497 e. The summed E-state index contributed by atoms with van der Waals surface area (Å²) < 4.78 is 5.23. The molecule has 33 heavy (non-hydrogen) atoms. The summed E-state index contributed by atoms with van der Waals surface area (Å²) in [6.45, 7) is 1.96. The first-order chi connectivity index (χ1) is 16.1. The van der Waals surface area contributed by atoms with E-state index in [4.69, 9.17) is 4.74 Å². The van der Waals surface area contributed by atoms with E-state index in [1.54, 1.807) is 48.0 Å². The molecule has 1 heterocycles. The summed E-state index contributed by atoms with van der Waals surface area (Å²) in [5.74, 6) is 0.980. The summed E-state index contributed by atoms with van der Waals surface area (Å²) >= 11 is 1.65. The molecule has 0 radical (unpaired) electrons. The van der Waals surface area contributed by atoms with Crippen molar-refractivity contribution in [1.29, 1.82) is 0 Å². The third kappa shape index (κ3) is 5.40. The summed E-state index contributed by atoms with van der Waals surface area (Å²) in [6, 6.07) is 26.3. The van der Waals surface area contributed by atoms with Gasteiger partial charge in [0.2, 0.25) is 5.91 Å². The van der Waals surface area contributed by atoms with Crippen LogP contribution in [0.5, 0.6) is 5.75 Å². The number of amides is 2. The van der Waals surface area contributed by atoms with Crippen molar-refractivity contribution in [2.45, 2.75) is 30.8 Å². The van der Waals surface area contributed by atoms with Gasteiger partial charge in [-0.25, -0.2) is 0 Å². The number of hydrogen-bond donors (Lipinski definition) is 1. The van der Waals surface area contributed by atoms with Crippen LogP contribution in [0, 0.1) is 0 Å². The second-order valence-corrected chi connectivity index (χ2v) is 9.29. The number of ether oxygens (including phenoxy) is 1. The molecule has 6 heteroatoms. The third-order valence-corrected chi connectivity index (χ3v) is 7.16. The van der Waals surface area contributed by atoms with Gasteiger partial charge in [-0.05, 0) is 42.3 Å². The molecule has 0 bridgehead atoms. The number of carbonyl (C=O) groups is 2. The van der Waals surface area contributed by atoms with Crippen molar-refractivity contribution in [2.24, 2.45) is 0 Å². The summed E-state index contributed by atoms with van der Waals surface area (Å²) in [5.41, 5.74) is 2.72. The van der Waals surface area contributed by atoms with E-state index >= 15 is 0 Å². The van der Waals surface area contributed by atoms with Gasteiger partial charge < -0.3 is 15.0 Å². The number of nitrogens with one attached hydrogen (secondary N) is 1. The number of hydrogen-bond acceptors (Lipinski definition) is 4.